The summed E-state index contributed by atoms with van der Waals surface area (Å²) in [7, 11) is 1.67. The summed E-state index contributed by atoms with van der Waals surface area (Å²) in [6.07, 6.45) is 0. The van der Waals surface area contributed by atoms with Crippen LogP contribution >= 0.6 is 11.3 Å². The molecular weight excluding hydrogens is 396 g/mol. The van der Waals surface area contributed by atoms with Gasteiger partial charge in [-0.05, 0) is 54.4 Å². The number of aromatic nitrogens is 1. The summed E-state index contributed by atoms with van der Waals surface area (Å²) in [5.74, 6) is 0.665. The molecular formula is C23H22N4O2S. The molecule has 0 aliphatic carbocycles. The van der Waals surface area contributed by atoms with Crippen molar-refractivity contribution in [1.82, 2.24) is 4.98 Å². The summed E-state index contributed by atoms with van der Waals surface area (Å²) in [6, 6.07) is 18.8. The molecule has 1 amide bonds. The molecule has 1 heterocycles. The van der Waals surface area contributed by atoms with E-state index in [1.165, 1.54) is 11.3 Å². The van der Waals surface area contributed by atoms with E-state index >= 15 is 0 Å². The highest BCUT2D eigenvalue weighted by Gasteiger charge is 2.11. The summed E-state index contributed by atoms with van der Waals surface area (Å²) < 4.78 is 6.32. The minimum absolute atomic E-state index is 0.204. The molecule has 152 valence electrons. The Hall–Kier alpha value is -3.58. The van der Waals surface area contributed by atoms with E-state index in [4.69, 9.17) is 10.5 Å². The van der Waals surface area contributed by atoms with Crippen molar-refractivity contribution in [3.05, 3.63) is 77.4 Å². The molecule has 0 fully saturated rings. The minimum Gasteiger partial charge on any atom is -0.496 e. The Morgan fingerprint density at radius 2 is 1.97 bits per heavy atom. The van der Waals surface area contributed by atoms with Crippen LogP contribution in [0.1, 0.15) is 21.5 Å². The second kappa shape index (κ2) is 8.42. The molecule has 0 bridgehead atoms. The Balaban J connectivity index is 1.48. The van der Waals surface area contributed by atoms with E-state index < -0.39 is 0 Å². The third-order valence-corrected chi connectivity index (χ3v) is 5.75. The zero-order valence-electron chi connectivity index (χ0n) is 16.7. The van der Waals surface area contributed by atoms with Crippen molar-refractivity contribution in [2.45, 2.75) is 13.5 Å². The van der Waals surface area contributed by atoms with Crippen molar-refractivity contribution in [3.8, 4) is 5.75 Å². The number of fused-ring (bicyclic) bond motifs is 1. The van der Waals surface area contributed by atoms with Crippen LogP contribution < -0.4 is 21.1 Å². The van der Waals surface area contributed by atoms with Crippen molar-refractivity contribution in [3.63, 3.8) is 0 Å². The Morgan fingerprint density at radius 3 is 2.77 bits per heavy atom. The van der Waals surface area contributed by atoms with Gasteiger partial charge in [0.2, 0.25) is 0 Å². The molecule has 0 spiro atoms. The monoisotopic (exact) mass is 418 g/mol. The van der Waals surface area contributed by atoms with E-state index in [0.717, 1.165) is 32.2 Å². The number of methoxy groups -OCH3 is 1. The largest absolute Gasteiger partial charge is 0.496 e. The van der Waals surface area contributed by atoms with Crippen molar-refractivity contribution < 1.29 is 9.53 Å². The second-order valence-electron chi connectivity index (χ2n) is 6.90. The predicted molar refractivity (Wildman–Crippen MR) is 123 cm³/mol. The van der Waals surface area contributed by atoms with Gasteiger partial charge in [0, 0.05) is 12.1 Å². The van der Waals surface area contributed by atoms with Crippen LogP contribution in [0.3, 0.4) is 0 Å². The van der Waals surface area contributed by atoms with Gasteiger partial charge in [0.05, 0.1) is 28.7 Å². The van der Waals surface area contributed by atoms with Crippen molar-refractivity contribution >= 4 is 44.0 Å². The number of rotatable bonds is 6. The van der Waals surface area contributed by atoms with Crippen LogP contribution in [0.15, 0.2) is 60.7 Å². The second-order valence-corrected chi connectivity index (χ2v) is 7.93. The lowest BCUT2D eigenvalue weighted by Crippen LogP contribution is -2.12. The van der Waals surface area contributed by atoms with Crippen LogP contribution in [0.4, 0.5) is 16.5 Å². The highest BCUT2D eigenvalue weighted by Crippen LogP contribution is 2.28. The van der Waals surface area contributed by atoms with Gasteiger partial charge in [-0.3, -0.25) is 4.79 Å². The molecule has 0 aliphatic heterocycles. The predicted octanol–water partition coefficient (Wildman–Crippen LogP) is 5.06. The summed E-state index contributed by atoms with van der Waals surface area (Å²) in [6.45, 7) is 2.65. The first kappa shape index (κ1) is 19.7. The maximum Gasteiger partial charge on any atom is 0.255 e. The van der Waals surface area contributed by atoms with E-state index in [-0.39, 0.29) is 5.91 Å². The Labute approximate surface area is 178 Å². The Bertz CT molecular complexity index is 1220. The number of para-hydroxylation sites is 2. The molecule has 0 saturated carbocycles. The molecule has 0 unspecified atom stereocenters. The van der Waals surface area contributed by atoms with E-state index in [9.17, 15) is 4.79 Å². The first-order valence-electron chi connectivity index (χ1n) is 9.47. The van der Waals surface area contributed by atoms with Crippen molar-refractivity contribution in [1.29, 1.82) is 0 Å². The lowest BCUT2D eigenvalue weighted by molar-refractivity contribution is 0.102. The number of nitrogens with two attached hydrogens (primary N) is 1. The minimum atomic E-state index is -0.204. The average molecular weight is 419 g/mol. The van der Waals surface area contributed by atoms with E-state index in [1.54, 1.807) is 25.3 Å². The molecule has 3 aromatic carbocycles. The van der Waals surface area contributed by atoms with Crippen LogP contribution in [-0.4, -0.2) is 18.0 Å². The number of nitrogen functional groups attached to an aromatic ring is 1. The van der Waals surface area contributed by atoms with Crippen molar-refractivity contribution in [2.75, 3.05) is 23.5 Å². The molecule has 30 heavy (non-hydrogen) atoms. The van der Waals surface area contributed by atoms with E-state index in [1.807, 2.05) is 43.3 Å². The number of nitrogens with one attached hydrogen (secondary N) is 2. The van der Waals surface area contributed by atoms with Gasteiger partial charge in [-0.25, -0.2) is 4.98 Å². The molecule has 7 heteroatoms. The van der Waals surface area contributed by atoms with Gasteiger partial charge >= 0.3 is 0 Å². The number of anilines is 3. The molecule has 0 atom stereocenters. The van der Waals surface area contributed by atoms with Gasteiger partial charge in [0.1, 0.15) is 5.75 Å². The average Bonchev–Trinajstić information content (AvgIpc) is 3.17. The SMILES string of the molecule is COc1cc(CNc2nc3ccc(C(=O)Nc4ccccc4N)cc3s2)ccc1C. The molecule has 6 nitrogen and oxygen atoms in total. The number of benzene rings is 3. The first-order chi connectivity index (χ1) is 14.5. The number of carbonyl (C=O) groups excluding carboxylic acids is 1. The summed E-state index contributed by atoms with van der Waals surface area (Å²) in [5.41, 5.74) is 10.7. The summed E-state index contributed by atoms with van der Waals surface area (Å²) in [4.78, 5) is 17.2. The quantitative estimate of drug-likeness (QED) is 0.381. The van der Waals surface area contributed by atoms with Gasteiger partial charge in [-0.15, -0.1) is 0 Å². The van der Waals surface area contributed by atoms with Crippen LogP contribution in [0.2, 0.25) is 0 Å². The highest BCUT2D eigenvalue weighted by molar-refractivity contribution is 7.22. The third-order valence-electron chi connectivity index (χ3n) is 4.78. The summed E-state index contributed by atoms with van der Waals surface area (Å²) in [5, 5.41) is 7.01. The fraction of sp³-hybridized carbons (Fsp3) is 0.130. The topological polar surface area (TPSA) is 89.3 Å². The molecule has 1 aromatic heterocycles. The number of nitrogens with zero attached hydrogens (tertiary/aromatic N) is 1. The zero-order valence-corrected chi connectivity index (χ0v) is 17.5. The molecule has 4 rings (SSSR count). The standard InChI is InChI=1S/C23H22N4O2S/c1-14-7-8-15(11-20(14)29-2)13-25-23-27-19-10-9-16(12-21(19)30-23)22(28)26-18-6-4-3-5-17(18)24/h3-12H,13,24H2,1-2H3,(H,25,27)(H,26,28). The molecule has 4 aromatic rings. The third kappa shape index (κ3) is 4.21. The Kier molecular flexibility index (Phi) is 5.54. The number of amides is 1. The molecule has 0 saturated heterocycles. The van der Waals surface area contributed by atoms with Gasteiger partial charge in [0.25, 0.3) is 5.91 Å². The molecule has 0 radical (unpaired) electrons. The summed E-state index contributed by atoms with van der Waals surface area (Å²) >= 11 is 1.51. The van der Waals surface area contributed by atoms with Crippen molar-refractivity contribution in [2.24, 2.45) is 0 Å². The molecule has 0 aliphatic rings. The lowest BCUT2D eigenvalue weighted by atomic mass is 10.1. The Morgan fingerprint density at radius 1 is 1.13 bits per heavy atom. The lowest BCUT2D eigenvalue weighted by Gasteiger charge is -2.08. The maximum atomic E-state index is 12.6. The van der Waals surface area contributed by atoms with Crippen LogP contribution in [0.5, 0.6) is 5.75 Å². The van der Waals surface area contributed by atoms with Gasteiger partial charge in [0.15, 0.2) is 5.13 Å². The van der Waals surface area contributed by atoms with E-state index in [0.29, 0.717) is 23.5 Å². The number of hydrogen-bond acceptors (Lipinski definition) is 6. The molecule has 4 N–H and O–H groups in total. The number of hydrogen-bond donors (Lipinski definition) is 3. The number of aryl methyl sites for hydroxylation is 1. The number of ether oxygens (including phenoxy) is 1. The zero-order chi connectivity index (χ0) is 21.1. The fourth-order valence-corrected chi connectivity index (χ4v) is 4.00. The van der Waals surface area contributed by atoms with Gasteiger partial charge < -0.3 is 21.1 Å². The fourth-order valence-electron chi connectivity index (χ4n) is 3.10. The van der Waals surface area contributed by atoms with E-state index in [2.05, 4.69) is 21.7 Å². The smallest absolute Gasteiger partial charge is 0.255 e. The number of carbonyl (C=O) groups is 1. The van der Waals surface area contributed by atoms with Gasteiger partial charge in [-0.1, -0.05) is 35.6 Å². The van der Waals surface area contributed by atoms with Crippen LogP contribution in [0.25, 0.3) is 10.2 Å². The van der Waals surface area contributed by atoms with Crippen LogP contribution in [-0.2, 0) is 6.54 Å². The highest BCUT2D eigenvalue weighted by atomic mass is 32.1. The first-order valence-corrected chi connectivity index (χ1v) is 10.3. The number of thiazole rings is 1. The maximum absolute atomic E-state index is 12.6. The normalized spacial score (nSPS) is 10.7. The van der Waals surface area contributed by atoms with Gasteiger partial charge in [-0.2, -0.15) is 0 Å². The van der Waals surface area contributed by atoms with Crippen LogP contribution in [0, 0.1) is 6.92 Å².